The second-order valence-electron chi connectivity index (χ2n) is 4.35. The van der Waals surface area contributed by atoms with Crippen molar-refractivity contribution >= 4 is 5.78 Å². The van der Waals surface area contributed by atoms with Gasteiger partial charge in [0, 0.05) is 6.04 Å². The van der Waals surface area contributed by atoms with Crippen molar-refractivity contribution in [2.24, 2.45) is 11.1 Å². The van der Waals surface area contributed by atoms with Crippen LogP contribution >= 0.6 is 0 Å². The first-order chi connectivity index (χ1) is 7.55. The zero-order chi connectivity index (χ0) is 11.8. The van der Waals surface area contributed by atoms with Gasteiger partial charge in [0.25, 0.3) is 0 Å². The van der Waals surface area contributed by atoms with E-state index < -0.39 is 11.2 Å². The van der Waals surface area contributed by atoms with Crippen molar-refractivity contribution in [2.75, 3.05) is 13.2 Å². The molecular weight excluding hydrogens is 209 g/mol. The standard InChI is InChI=1S/C12H14FNO2/c1-12(7-16-6-10(12)14)11(15)8-4-2-3-5-9(8)13/h2-5,10H,6-7,14H2,1H3. The summed E-state index contributed by atoms with van der Waals surface area (Å²) < 4.78 is 18.7. The van der Waals surface area contributed by atoms with E-state index in [-0.39, 0.29) is 24.0 Å². The molecule has 4 heteroatoms. The normalized spacial score (nSPS) is 29.3. The van der Waals surface area contributed by atoms with Crippen molar-refractivity contribution in [2.45, 2.75) is 13.0 Å². The van der Waals surface area contributed by atoms with Crippen LogP contribution in [0.15, 0.2) is 24.3 Å². The lowest BCUT2D eigenvalue weighted by atomic mass is 9.78. The van der Waals surface area contributed by atoms with E-state index in [2.05, 4.69) is 0 Å². The van der Waals surface area contributed by atoms with Gasteiger partial charge in [0.15, 0.2) is 5.78 Å². The van der Waals surface area contributed by atoms with Crippen LogP contribution in [0.1, 0.15) is 17.3 Å². The van der Waals surface area contributed by atoms with Crippen molar-refractivity contribution in [3.8, 4) is 0 Å². The Balaban J connectivity index is 2.36. The number of carbonyl (C=O) groups is 1. The van der Waals surface area contributed by atoms with Crippen molar-refractivity contribution in [3.63, 3.8) is 0 Å². The number of ketones is 1. The molecule has 2 atom stereocenters. The van der Waals surface area contributed by atoms with E-state index in [9.17, 15) is 9.18 Å². The summed E-state index contributed by atoms with van der Waals surface area (Å²) in [6, 6.07) is 5.58. The predicted molar refractivity (Wildman–Crippen MR) is 57.6 cm³/mol. The molecule has 16 heavy (non-hydrogen) atoms. The summed E-state index contributed by atoms with van der Waals surface area (Å²) in [5.41, 5.74) is 5.10. The summed E-state index contributed by atoms with van der Waals surface area (Å²) in [5.74, 6) is -0.788. The average molecular weight is 223 g/mol. The van der Waals surface area contributed by atoms with E-state index in [0.717, 1.165) is 0 Å². The second kappa shape index (κ2) is 3.96. The fraction of sp³-hybridized carbons (Fsp3) is 0.417. The lowest BCUT2D eigenvalue weighted by Gasteiger charge is -2.25. The molecule has 1 aromatic rings. The highest BCUT2D eigenvalue weighted by Crippen LogP contribution is 2.31. The SMILES string of the molecule is CC1(C(=O)c2ccccc2F)COCC1N. The number of hydrogen-bond donors (Lipinski definition) is 1. The molecular formula is C12H14FNO2. The molecule has 2 rings (SSSR count). The van der Waals surface area contributed by atoms with Crippen LogP contribution in [0.4, 0.5) is 4.39 Å². The minimum Gasteiger partial charge on any atom is -0.379 e. The lowest BCUT2D eigenvalue weighted by Crippen LogP contribution is -2.44. The van der Waals surface area contributed by atoms with Crippen LogP contribution in [0.25, 0.3) is 0 Å². The molecule has 1 aliphatic rings. The topological polar surface area (TPSA) is 52.3 Å². The van der Waals surface area contributed by atoms with Gasteiger partial charge in [-0.25, -0.2) is 4.39 Å². The molecule has 86 valence electrons. The maximum atomic E-state index is 13.5. The smallest absolute Gasteiger partial charge is 0.175 e. The lowest BCUT2D eigenvalue weighted by molar-refractivity contribution is 0.0763. The van der Waals surface area contributed by atoms with Gasteiger partial charge < -0.3 is 10.5 Å². The van der Waals surface area contributed by atoms with Gasteiger partial charge in [0.2, 0.25) is 0 Å². The Labute approximate surface area is 93.4 Å². The average Bonchev–Trinajstić information content (AvgIpc) is 2.60. The molecule has 2 N–H and O–H groups in total. The minimum atomic E-state index is -0.817. The van der Waals surface area contributed by atoms with Crippen molar-refractivity contribution in [3.05, 3.63) is 35.6 Å². The van der Waals surface area contributed by atoms with Crippen LogP contribution < -0.4 is 5.73 Å². The summed E-state index contributed by atoms with van der Waals surface area (Å²) in [6.45, 7) is 2.32. The molecule has 2 unspecified atom stereocenters. The fourth-order valence-electron chi connectivity index (χ4n) is 1.88. The Morgan fingerprint density at radius 3 is 2.81 bits per heavy atom. The number of carbonyl (C=O) groups excluding carboxylic acids is 1. The minimum absolute atomic E-state index is 0.0888. The number of hydrogen-bond acceptors (Lipinski definition) is 3. The van der Waals surface area contributed by atoms with Gasteiger partial charge in [-0.05, 0) is 19.1 Å². The van der Waals surface area contributed by atoms with Gasteiger partial charge in [0.05, 0.1) is 24.2 Å². The predicted octanol–water partition coefficient (Wildman–Crippen LogP) is 1.37. The molecule has 0 radical (unpaired) electrons. The quantitative estimate of drug-likeness (QED) is 0.770. The highest BCUT2D eigenvalue weighted by atomic mass is 19.1. The zero-order valence-electron chi connectivity index (χ0n) is 9.07. The van der Waals surface area contributed by atoms with Crippen LogP contribution in [0.5, 0.6) is 0 Å². The molecule has 0 aliphatic carbocycles. The molecule has 1 aromatic carbocycles. The van der Waals surface area contributed by atoms with Crippen LogP contribution in [-0.4, -0.2) is 25.0 Å². The highest BCUT2D eigenvalue weighted by molar-refractivity contribution is 6.01. The van der Waals surface area contributed by atoms with Crippen molar-refractivity contribution < 1.29 is 13.9 Å². The Morgan fingerprint density at radius 2 is 2.25 bits per heavy atom. The van der Waals surface area contributed by atoms with Crippen molar-refractivity contribution in [1.82, 2.24) is 0 Å². The van der Waals surface area contributed by atoms with Gasteiger partial charge in [0.1, 0.15) is 5.82 Å². The van der Waals surface area contributed by atoms with Crippen LogP contribution in [0.3, 0.4) is 0 Å². The summed E-state index contributed by atoms with van der Waals surface area (Å²) in [4.78, 5) is 12.2. The van der Waals surface area contributed by atoms with Crippen LogP contribution in [0.2, 0.25) is 0 Å². The summed E-state index contributed by atoms with van der Waals surface area (Å²) >= 11 is 0. The summed E-state index contributed by atoms with van der Waals surface area (Å²) in [5, 5.41) is 0. The molecule has 1 heterocycles. The van der Waals surface area contributed by atoms with Crippen LogP contribution in [-0.2, 0) is 4.74 Å². The first-order valence-electron chi connectivity index (χ1n) is 5.18. The Kier molecular flexibility index (Phi) is 2.78. The number of nitrogens with two attached hydrogens (primary N) is 1. The van der Waals surface area contributed by atoms with Crippen molar-refractivity contribution in [1.29, 1.82) is 0 Å². The molecule has 0 aromatic heterocycles. The fourth-order valence-corrected chi connectivity index (χ4v) is 1.88. The number of ether oxygens (including phenoxy) is 1. The third-order valence-electron chi connectivity index (χ3n) is 3.15. The largest absolute Gasteiger partial charge is 0.379 e. The second-order valence-corrected chi connectivity index (χ2v) is 4.35. The third kappa shape index (κ3) is 1.64. The Morgan fingerprint density at radius 1 is 1.56 bits per heavy atom. The number of Topliss-reactive ketones (excluding diaryl/α,β-unsaturated/α-hetero) is 1. The highest BCUT2D eigenvalue weighted by Gasteiger charge is 2.45. The first-order valence-corrected chi connectivity index (χ1v) is 5.18. The summed E-state index contributed by atoms with van der Waals surface area (Å²) in [6.07, 6.45) is 0. The van der Waals surface area contributed by atoms with Crippen LogP contribution in [0, 0.1) is 11.2 Å². The molecule has 1 aliphatic heterocycles. The van der Waals surface area contributed by atoms with E-state index in [1.165, 1.54) is 12.1 Å². The maximum absolute atomic E-state index is 13.5. The third-order valence-corrected chi connectivity index (χ3v) is 3.15. The Bertz CT molecular complexity index is 421. The number of halogens is 1. The van der Waals surface area contributed by atoms with E-state index in [4.69, 9.17) is 10.5 Å². The van der Waals surface area contributed by atoms with Gasteiger partial charge in [-0.15, -0.1) is 0 Å². The van der Waals surface area contributed by atoms with E-state index in [1.807, 2.05) is 0 Å². The number of rotatable bonds is 2. The Hall–Kier alpha value is -1.26. The molecule has 1 saturated heterocycles. The van der Waals surface area contributed by atoms with Gasteiger partial charge in [-0.1, -0.05) is 12.1 Å². The monoisotopic (exact) mass is 223 g/mol. The zero-order valence-corrected chi connectivity index (χ0v) is 9.07. The van der Waals surface area contributed by atoms with Gasteiger partial charge in [-0.2, -0.15) is 0 Å². The molecule has 1 fully saturated rings. The molecule has 0 bridgehead atoms. The van der Waals surface area contributed by atoms with E-state index in [1.54, 1.807) is 19.1 Å². The van der Waals surface area contributed by atoms with Gasteiger partial charge in [-0.3, -0.25) is 4.79 Å². The molecule has 3 nitrogen and oxygen atoms in total. The van der Waals surface area contributed by atoms with E-state index >= 15 is 0 Å². The summed E-state index contributed by atoms with van der Waals surface area (Å²) in [7, 11) is 0. The number of benzene rings is 1. The molecule has 0 spiro atoms. The molecule has 0 amide bonds. The van der Waals surface area contributed by atoms with E-state index in [0.29, 0.717) is 6.61 Å². The molecule has 0 saturated carbocycles. The maximum Gasteiger partial charge on any atom is 0.175 e. The first kappa shape index (κ1) is 11.2. The van der Waals surface area contributed by atoms with Gasteiger partial charge >= 0.3 is 0 Å².